The largest absolute Gasteiger partial charge is 0.396 e. The van der Waals surface area contributed by atoms with Gasteiger partial charge in [0.2, 0.25) is 0 Å². The van der Waals surface area contributed by atoms with E-state index in [2.05, 4.69) is 5.32 Å². The van der Waals surface area contributed by atoms with E-state index in [-0.39, 0.29) is 6.61 Å². The van der Waals surface area contributed by atoms with E-state index < -0.39 is 15.7 Å². The first kappa shape index (κ1) is 14.2. The van der Waals surface area contributed by atoms with Gasteiger partial charge in [0, 0.05) is 51.4 Å². The van der Waals surface area contributed by atoms with E-state index in [0.717, 1.165) is 0 Å². The van der Waals surface area contributed by atoms with Crippen LogP contribution in [-0.2, 0) is 10.2 Å². The predicted octanol–water partition coefficient (Wildman–Crippen LogP) is -2.08. The lowest BCUT2D eigenvalue weighted by Crippen LogP contribution is -2.52. The van der Waals surface area contributed by atoms with Crippen LogP contribution in [0, 0.1) is 0 Å². The summed E-state index contributed by atoms with van der Waals surface area (Å²) in [4.78, 5) is 0. The van der Waals surface area contributed by atoms with E-state index in [1.54, 1.807) is 0 Å². The smallest absolute Gasteiger partial charge is 0.282 e. The number of nitrogens with zero attached hydrogens (tertiary/aromatic N) is 2. The number of nitrogens with one attached hydrogen (secondary N) is 1. The molecule has 0 radical (unpaired) electrons. The molecule has 2 fully saturated rings. The Kier molecular flexibility index (Phi) is 4.25. The summed E-state index contributed by atoms with van der Waals surface area (Å²) in [5, 5.41) is 12.1. The van der Waals surface area contributed by atoms with Crippen molar-refractivity contribution >= 4 is 10.2 Å². The Balaban J connectivity index is 2.03. The Morgan fingerprint density at radius 2 is 1.89 bits per heavy atom. The molecule has 0 bridgehead atoms. The standard InChI is InChI=1S/C10H22N4O3S/c11-10(2-8-15)1-5-14(9-10)18(16,17)13-6-3-12-4-7-13/h12,15H,1-9,11H2/t10-/m0/s1. The molecule has 0 amide bonds. The van der Waals surface area contributed by atoms with E-state index in [0.29, 0.717) is 52.1 Å². The minimum absolute atomic E-state index is 0.00196. The maximum atomic E-state index is 12.4. The zero-order valence-corrected chi connectivity index (χ0v) is 11.3. The van der Waals surface area contributed by atoms with Gasteiger partial charge in [-0.3, -0.25) is 0 Å². The van der Waals surface area contributed by atoms with Gasteiger partial charge in [-0.2, -0.15) is 17.0 Å². The van der Waals surface area contributed by atoms with Gasteiger partial charge < -0.3 is 16.2 Å². The number of hydrogen-bond donors (Lipinski definition) is 3. The number of rotatable bonds is 4. The summed E-state index contributed by atoms with van der Waals surface area (Å²) in [7, 11) is -3.39. The van der Waals surface area contributed by atoms with Gasteiger partial charge in [-0.25, -0.2) is 0 Å². The van der Waals surface area contributed by atoms with Gasteiger partial charge in [0.15, 0.2) is 0 Å². The Bertz CT molecular complexity index is 383. The number of piperazine rings is 1. The quantitative estimate of drug-likeness (QED) is 0.548. The molecule has 0 aromatic heterocycles. The lowest BCUT2D eigenvalue weighted by molar-refractivity contribution is 0.240. The van der Waals surface area contributed by atoms with Crippen molar-refractivity contribution in [2.75, 3.05) is 45.9 Å². The second kappa shape index (κ2) is 5.40. The molecule has 2 aliphatic rings. The first-order chi connectivity index (χ1) is 8.48. The summed E-state index contributed by atoms with van der Waals surface area (Å²) >= 11 is 0. The first-order valence-corrected chi connectivity index (χ1v) is 7.73. The fraction of sp³-hybridized carbons (Fsp3) is 1.00. The minimum Gasteiger partial charge on any atom is -0.396 e. The highest BCUT2D eigenvalue weighted by Crippen LogP contribution is 2.25. The molecule has 8 heteroatoms. The maximum absolute atomic E-state index is 12.4. The lowest BCUT2D eigenvalue weighted by atomic mass is 9.96. The summed E-state index contributed by atoms with van der Waals surface area (Å²) in [6, 6.07) is 0. The average molecular weight is 278 g/mol. The number of aliphatic hydroxyl groups is 1. The maximum Gasteiger partial charge on any atom is 0.282 e. The normalized spacial score (nSPS) is 31.9. The fourth-order valence-corrected chi connectivity index (χ4v) is 4.23. The van der Waals surface area contributed by atoms with Crippen LogP contribution in [0.1, 0.15) is 12.8 Å². The molecular weight excluding hydrogens is 256 g/mol. The van der Waals surface area contributed by atoms with Crippen molar-refractivity contribution in [1.29, 1.82) is 0 Å². The van der Waals surface area contributed by atoms with Crippen LogP contribution >= 0.6 is 0 Å². The van der Waals surface area contributed by atoms with E-state index in [1.165, 1.54) is 8.61 Å². The highest BCUT2D eigenvalue weighted by Gasteiger charge is 2.41. The molecule has 106 valence electrons. The van der Waals surface area contributed by atoms with Crippen LogP contribution in [0.2, 0.25) is 0 Å². The molecule has 18 heavy (non-hydrogen) atoms. The fourth-order valence-electron chi connectivity index (χ4n) is 2.52. The van der Waals surface area contributed by atoms with E-state index in [4.69, 9.17) is 10.8 Å². The van der Waals surface area contributed by atoms with Crippen LogP contribution in [0.25, 0.3) is 0 Å². The second-order valence-corrected chi connectivity index (χ2v) is 7.00. The number of hydrogen-bond acceptors (Lipinski definition) is 5. The predicted molar refractivity (Wildman–Crippen MR) is 68.2 cm³/mol. The molecule has 0 aromatic carbocycles. The molecule has 0 spiro atoms. The van der Waals surface area contributed by atoms with E-state index >= 15 is 0 Å². The minimum atomic E-state index is -3.39. The molecule has 2 saturated heterocycles. The molecule has 4 N–H and O–H groups in total. The van der Waals surface area contributed by atoms with Crippen LogP contribution in [0.15, 0.2) is 0 Å². The molecule has 2 aliphatic heterocycles. The Morgan fingerprint density at radius 1 is 1.22 bits per heavy atom. The van der Waals surface area contributed by atoms with Gasteiger partial charge >= 0.3 is 0 Å². The first-order valence-electron chi connectivity index (χ1n) is 6.34. The highest BCUT2D eigenvalue weighted by molar-refractivity contribution is 7.86. The van der Waals surface area contributed by atoms with Crippen LogP contribution in [0.4, 0.5) is 0 Å². The molecule has 7 nitrogen and oxygen atoms in total. The summed E-state index contributed by atoms with van der Waals surface area (Å²) in [5.41, 5.74) is 5.52. The van der Waals surface area contributed by atoms with Crippen LogP contribution in [-0.4, -0.2) is 73.5 Å². The third kappa shape index (κ3) is 2.84. The lowest BCUT2D eigenvalue weighted by Gasteiger charge is -2.31. The molecule has 2 rings (SSSR count). The van der Waals surface area contributed by atoms with Gasteiger partial charge in [0.05, 0.1) is 0 Å². The molecule has 1 atom stereocenters. The van der Waals surface area contributed by atoms with Crippen LogP contribution in [0.5, 0.6) is 0 Å². The average Bonchev–Trinajstić information content (AvgIpc) is 2.74. The van der Waals surface area contributed by atoms with Crippen molar-refractivity contribution in [3.05, 3.63) is 0 Å². The Morgan fingerprint density at radius 3 is 2.50 bits per heavy atom. The molecular formula is C10H22N4O3S. The molecule has 0 saturated carbocycles. The van der Waals surface area contributed by atoms with Crippen molar-refractivity contribution in [2.45, 2.75) is 18.4 Å². The Hall–Kier alpha value is -0.250. The number of aliphatic hydroxyl groups excluding tert-OH is 1. The molecule has 2 heterocycles. The third-order valence-corrected chi connectivity index (χ3v) is 5.67. The van der Waals surface area contributed by atoms with Crippen molar-refractivity contribution in [3.8, 4) is 0 Å². The summed E-state index contributed by atoms with van der Waals surface area (Å²) < 4.78 is 27.7. The van der Waals surface area contributed by atoms with Crippen molar-refractivity contribution in [3.63, 3.8) is 0 Å². The van der Waals surface area contributed by atoms with Crippen molar-refractivity contribution in [1.82, 2.24) is 13.9 Å². The van der Waals surface area contributed by atoms with Crippen molar-refractivity contribution < 1.29 is 13.5 Å². The summed E-state index contributed by atoms with van der Waals surface area (Å²) in [6.45, 7) is 3.16. The summed E-state index contributed by atoms with van der Waals surface area (Å²) in [6.07, 6.45) is 1.06. The van der Waals surface area contributed by atoms with E-state index in [1.807, 2.05) is 0 Å². The van der Waals surface area contributed by atoms with Gasteiger partial charge in [0.25, 0.3) is 10.2 Å². The second-order valence-electron chi connectivity index (χ2n) is 5.08. The van der Waals surface area contributed by atoms with Gasteiger partial charge in [-0.1, -0.05) is 0 Å². The van der Waals surface area contributed by atoms with E-state index in [9.17, 15) is 8.42 Å². The third-order valence-electron chi connectivity index (χ3n) is 3.69. The Labute approximate surface area is 108 Å². The SMILES string of the molecule is N[C@]1(CCO)CCN(S(=O)(=O)N2CCNCC2)C1. The summed E-state index contributed by atoms with van der Waals surface area (Å²) in [5.74, 6) is 0. The highest BCUT2D eigenvalue weighted by atomic mass is 32.2. The van der Waals surface area contributed by atoms with Crippen LogP contribution < -0.4 is 11.1 Å². The zero-order valence-electron chi connectivity index (χ0n) is 10.5. The molecule has 0 aliphatic carbocycles. The van der Waals surface area contributed by atoms with Gasteiger partial charge in [-0.15, -0.1) is 0 Å². The number of nitrogens with two attached hydrogens (primary N) is 1. The van der Waals surface area contributed by atoms with Gasteiger partial charge in [-0.05, 0) is 12.8 Å². The zero-order chi connectivity index (χ0) is 13.2. The van der Waals surface area contributed by atoms with Gasteiger partial charge in [0.1, 0.15) is 0 Å². The van der Waals surface area contributed by atoms with Crippen molar-refractivity contribution in [2.24, 2.45) is 5.73 Å². The van der Waals surface area contributed by atoms with Crippen LogP contribution in [0.3, 0.4) is 0 Å². The molecule has 0 aromatic rings. The topological polar surface area (TPSA) is 98.9 Å². The molecule has 0 unspecified atom stereocenters. The monoisotopic (exact) mass is 278 g/mol.